The van der Waals surface area contributed by atoms with Gasteiger partial charge >= 0.3 is 0 Å². The lowest BCUT2D eigenvalue weighted by molar-refractivity contribution is -0.172. The predicted octanol–water partition coefficient (Wildman–Crippen LogP) is 3.74. The fourth-order valence-corrected chi connectivity index (χ4v) is 2.82. The Kier molecular flexibility index (Phi) is 4.71. The number of methoxy groups -OCH3 is 1. The van der Waals surface area contributed by atoms with Gasteiger partial charge in [0, 0.05) is 5.92 Å². The molecule has 116 valence electrons. The second-order valence-corrected chi connectivity index (χ2v) is 5.40. The second-order valence-electron chi connectivity index (χ2n) is 5.40. The summed E-state index contributed by atoms with van der Waals surface area (Å²) in [6.07, 6.45) is 0.489. The molecule has 0 aromatic heterocycles. The molecule has 0 N–H and O–H groups in total. The Bertz CT molecular complexity index is 612. The molecule has 2 atom stereocenters. The predicted molar refractivity (Wildman–Crippen MR) is 81.2 cm³/mol. The molecular formula is C18H19FO3. The van der Waals surface area contributed by atoms with E-state index in [1.54, 1.807) is 13.2 Å². The van der Waals surface area contributed by atoms with Crippen molar-refractivity contribution in [3.8, 4) is 5.75 Å². The number of ether oxygens (including phenoxy) is 3. The first-order valence-corrected chi connectivity index (χ1v) is 7.34. The summed E-state index contributed by atoms with van der Waals surface area (Å²) in [5, 5.41) is 0. The Morgan fingerprint density at radius 3 is 2.64 bits per heavy atom. The van der Waals surface area contributed by atoms with E-state index in [1.165, 1.54) is 6.07 Å². The van der Waals surface area contributed by atoms with Gasteiger partial charge in [-0.25, -0.2) is 4.39 Å². The summed E-state index contributed by atoms with van der Waals surface area (Å²) >= 11 is 0. The van der Waals surface area contributed by atoms with Crippen LogP contribution in [0, 0.1) is 11.7 Å². The normalized spacial score (nSPS) is 21.5. The topological polar surface area (TPSA) is 27.7 Å². The summed E-state index contributed by atoms with van der Waals surface area (Å²) in [6.45, 7) is 0.829. The van der Waals surface area contributed by atoms with Gasteiger partial charge in [0.2, 0.25) is 0 Å². The van der Waals surface area contributed by atoms with Gasteiger partial charge in [0.1, 0.15) is 18.4 Å². The van der Waals surface area contributed by atoms with E-state index in [-0.39, 0.29) is 24.6 Å². The first-order valence-electron chi connectivity index (χ1n) is 7.34. The second kappa shape index (κ2) is 6.90. The van der Waals surface area contributed by atoms with Crippen molar-refractivity contribution in [3.05, 3.63) is 65.5 Å². The van der Waals surface area contributed by atoms with E-state index in [4.69, 9.17) is 14.2 Å². The number of hydrogen-bond acceptors (Lipinski definition) is 3. The van der Waals surface area contributed by atoms with Crippen LogP contribution in [0.5, 0.6) is 5.75 Å². The van der Waals surface area contributed by atoms with Gasteiger partial charge in [-0.15, -0.1) is 0 Å². The molecule has 1 aliphatic heterocycles. The monoisotopic (exact) mass is 302 g/mol. The fraction of sp³-hybridized carbons (Fsp3) is 0.333. The van der Waals surface area contributed by atoms with Crippen molar-refractivity contribution in [2.24, 2.45) is 5.92 Å². The van der Waals surface area contributed by atoms with Gasteiger partial charge in [-0.1, -0.05) is 30.3 Å². The summed E-state index contributed by atoms with van der Waals surface area (Å²) in [5.41, 5.74) is 1.76. The molecule has 1 saturated heterocycles. The van der Waals surface area contributed by atoms with Gasteiger partial charge in [0.25, 0.3) is 0 Å². The van der Waals surface area contributed by atoms with Gasteiger partial charge in [-0.05, 0) is 35.7 Å². The molecule has 4 heteroatoms. The molecule has 0 bridgehead atoms. The van der Waals surface area contributed by atoms with Gasteiger partial charge < -0.3 is 14.2 Å². The highest BCUT2D eigenvalue weighted by Crippen LogP contribution is 2.33. The number of hydrogen-bond donors (Lipinski definition) is 0. The highest BCUT2D eigenvalue weighted by Gasteiger charge is 2.29. The maximum absolute atomic E-state index is 13.9. The first kappa shape index (κ1) is 15.0. The van der Waals surface area contributed by atoms with Crippen molar-refractivity contribution in [3.63, 3.8) is 0 Å². The average molecular weight is 302 g/mol. The zero-order valence-electron chi connectivity index (χ0n) is 12.5. The molecule has 0 amide bonds. The van der Waals surface area contributed by atoms with Gasteiger partial charge in [-0.3, -0.25) is 0 Å². The van der Waals surface area contributed by atoms with E-state index < -0.39 is 0 Å². The fourth-order valence-electron chi connectivity index (χ4n) is 2.82. The molecule has 0 spiro atoms. The summed E-state index contributed by atoms with van der Waals surface area (Å²) in [5.74, 6) is 0.710. The lowest BCUT2D eigenvalue weighted by atomic mass is 9.89. The van der Waals surface area contributed by atoms with Crippen molar-refractivity contribution < 1.29 is 18.6 Å². The minimum absolute atomic E-state index is 0.0824. The van der Waals surface area contributed by atoms with Crippen molar-refractivity contribution in [1.82, 2.24) is 0 Å². The smallest absolute Gasteiger partial charge is 0.147 e. The number of benzene rings is 2. The molecule has 0 unspecified atom stereocenters. The molecule has 22 heavy (non-hydrogen) atoms. The Morgan fingerprint density at radius 2 is 1.91 bits per heavy atom. The van der Waals surface area contributed by atoms with Crippen LogP contribution in [0.1, 0.15) is 17.2 Å². The maximum atomic E-state index is 13.9. The quantitative estimate of drug-likeness (QED) is 0.861. The van der Waals surface area contributed by atoms with Crippen LogP contribution >= 0.6 is 0 Å². The molecule has 1 fully saturated rings. The van der Waals surface area contributed by atoms with Gasteiger partial charge in [0.15, 0.2) is 0 Å². The molecule has 0 saturated carbocycles. The molecule has 0 radical (unpaired) electrons. The van der Waals surface area contributed by atoms with Crippen LogP contribution in [-0.2, 0) is 15.9 Å². The highest BCUT2D eigenvalue weighted by atomic mass is 19.1. The summed E-state index contributed by atoms with van der Waals surface area (Å²) < 4.78 is 30.3. The minimum Gasteiger partial charge on any atom is -0.497 e. The minimum atomic E-state index is -0.179. The van der Waals surface area contributed by atoms with Crippen LogP contribution < -0.4 is 4.74 Å². The zero-order chi connectivity index (χ0) is 15.4. The zero-order valence-corrected chi connectivity index (χ0v) is 12.5. The maximum Gasteiger partial charge on any atom is 0.147 e. The molecule has 3 nitrogen and oxygen atoms in total. The van der Waals surface area contributed by atoms with Crippen molar-refractivity contribution in [2.75, 3.05) is 20.5 Å². The van der Waals surface area contributed by atoms with Gasteiger partial charge in [-0.2, -0.15) is 0 Å². The largest absolute Gasteiger partial charge is 0.497 e. The Labute approximate surface area is 129 Å². The molecule has 1 heterocycles. The third-order valence-corrected chi connectivity index (χ3v) is 3.98. The Morgan fingerprint density at radius 1 is 1.14 bits per heavy atom. The van der Waals surface area contributed by atoms with Crippen LogP contribution in [-0.4, -0.2) is 20.5 Å². The summed E-state index contributed by atoms with van der Waals surface area (Å²) in [6, 6.07) is 14.7. The SMILES string of the molecule is COc1ccc([C@@H]2OCOC[C@H]2Cc2ccccc2F)cc1. The summed E-state index contributed by atoms with van der Waals surface area (Å²) in [7, 11) is 1.64. The van der Waals surface area contributed by atoms with E-state index in [1.807, 2.05) is 36.4 Å². The van der Waals surface area contributed by atoms with E-state index >= 15 is 0 Å². The molecular weight excluding hydrogens is 283 g/mol. The lowest BCUT2D eigenvalue weighted by Gasteiger charge is -2.32. The molecule has 3 rings (SSSR count). The van der Waals surface area contributed by atoms with E-state index in [0.29, 0.717) is 18.6 Å². The van der Waals surface area contributed by atoms with Crippen molar-refractivity contribution in [2.45, 2.75) is 12.5 Å². The van der Waals surface area contributed by atoms with Crippen LogP contribution in [0.2, 0.25) is 0 Å². The number of rotatable bonds is 4. The third-order valence-electron chi connectivity index (χ3n) is 3.98. The van der Waals surface area contributed by atoms with Crippen molar-refractivity contribution in [1.29, 1.82) is 0 Å². The lowest BCUT2D eigenvalue weighted by Crippen LogP contribution is -2.30. The first-order chi connectivity index (χ1) is 10.8. The van der Waals surface area contributed by atoms with Crippen LogP contribution in [0.4, 0.5) is 4.39 Å². The van der Waals surface area contributed by atoms with Crippen LogP contribution in [0.15, 0.2) is 48.5 Å². The molecule has 2 aromatic carbocycles. The van der Waals surface area contributed by atoms with Crippen LogP contribution in [0.3, 0.4) is 0 Å². The van der Waals surface area contributed by atoms with E-state index in [9.17, 15) is 4.39 Å². The van der Waals surface area contributed by atoms with Crippen LogP contribution in [0.25, 0.3) is 0 Å². The van der Waals surface area contributed by atoms with E-state index in [2.05, 4.69) is 0 Å². The van der Waals surface area contributed by atoms with E-state index in [0.717, 1.165) is 11.3 Å². The molecule has 2 aromatic rings. The molecule has 0 aliphatic carbocycles. The third kappa shape index (κ3) is 3.29. The van der Waals surface area contributed by atoms with Gasteiger partial charge in [0.05, 0.1) is 19.8 Å². The van der Waals surface area contributed by atoms with Crippen molar-refractivity contribution >= 4 is 0 Å². The molecule has 1 aliphatic rings. The average Bonchev–Trinajstić information content (AvgIpc) is 2.58. The summed E-state index contributed by atoms with van der Waals surface area (Å²) in [4.78, 5) is 0. The Balaban J connectivity index is 1.80. The number of halogens is 1. The highest BCUT2D eigenvalue weighted by molar-refractivity contribution is 5.29. The Hall–Kier alpha value is -1.91. The standard InChI is InChI=1S/C18H19FO3/c1-20-16-8-6-13(7-9-16)18-15(11-21-12-22-18)10-14-4-2-3-5-17(14)19/h2-9,15,18H,10-12H2,1H3/t15-,18+/m1/s1.